The van der Waals surface area contributed by atoms with Gasteiger partial charge in [0.25, 0.3) is 5.91 Å². The smallest absolute Gasteiger partial charge is 0.251 e. The maximum absolute atomic E-state index is 11.3. The second kappa shape index (κ2) is 3.14. The molecule has 4 heteroatoms. The van der Waals surface area contributed by atoms with E-state index in [1.807, 2.05) is 0 Å². The number of hydrogen-bond donors (Lipinski definition) is 2. The lowest BCUT2D eigenvalue weighted by molar-refractivity contribution is -0.115. The molecule has 1 aliphatic heterocycles. The Morgan fingerprint density at radius 2 is 2.29 bits per heavy atom. The third-order valence-corrected chi connectivity index (χ3v) is 2.22. The number of rotatable bonds is 1. The van der Waals surface area contributed by atoms with Crippen molar-refractivity contribution >= 4 is 17.5 Å². The molecule has 0 saturated heterocycles. The minimum Gasteiger partial charge on any atom is -0.355 e. The van der Waals surface area contributed by atoms with Crippen LogP contribution in [0.4, 0.5) is 5.69 Å². The normalized spacial score (nSPS) is 13.4. The first kappa shape index (κ1) is 8.74. The highest BCUT2D eigenvalue weighted by Crippen LogP contribution is 2.23. The Balaban J connectivity index is 2.37. The molecule has 2 rings (SSSR count). The van der Waals surface area contributed by atoms with Crippen LogP contribution in [0.2, 0.25) is 0 Å². The zero-order valence-corrected chi connectivity index (χ0v) is 7.76. The first-order valence-electron chi connectivity index (χ1n) is 4.35. The molecule has 0 aromatic heterocycles. The van der Waals surface area contributed by atoms with E-state index in [0.29, 0.717) is 12.0 Å². The van der Waals surface area contributed by atoms with Crippen molar-refractivity contribution in [1.29, 1.82) is 0 Å². The maximum atomic E-state index is 11.3. The number of benzene rings is 1. The van der Waals surface area contributed by atoms with Gasteiger partial charge in [0.05, 0.1) is 6.42 Å². The summed E-state index contributed by atoms with van der Waals surface area (Å²) in [5, 5.41) is 5.23. The van der Waals surface area contributed by atoms with Gasteiger partial charge in [-0.05, 0) is 17.7 Å². The average molecular weight is 190 g/mol. The fourth-order valence-corrected chi connectivity index (χ4v) is 1.50. The van der Waals surface area contributed by atoms with Gasteiger partial charge in [0.15, 0.2) is 0 Å². The van der Waals surface area contributed by atoms with E-state index in [2.05, 4.69) is 10.6 Å². The molecule has 0 saturated carbocycles. The Kier molecular flexibility index (Phi) is 1.96. The van der Waals surface area contributed by atoms with Crippen LogP contribution in [0.3, 0.4) is 0 Å². The number of fused-ring (bicyclic) bond motifs is 1. The van der Waals surface area contributed by atoms with E-state index < -0.39 is 0 Å². The summed E-state index contributed by atoms with van der Waals surface area (Å²) in [6.45, 7) is 0. The second-order valence-electron chi connectivity index (χ2n) is 3.18. The Labute approximate surface area is 81.3 Å². The summed E-state index contributed by atoms with van der Waals surface area (Å²) >= 11 is 0. The van der Waals surface area contributed by atoms with Crippen LogP contribution in [0, 0.1) is 0 Å². The molecule has 0 bridgehead atoms. The topological polar surface area (TPSA) is 58.2 Å². The SMILES string of the molecule is CNC(=O)c1ccc2c(c1)NC(=O)C2. The van der Waals surface area contributed by atoms with Gasteiger partial charge in [-0.2, -0.15) is 0 Å². The van der Waals surface area contributed by atoms with Crippen molar-refractivity contribution < 1.29 is 9.59 Å². The van der Waals surface area contributed by atoms with Crippen LogP contribution in [0.25, 0.3) is 0 Å². The van der Waals surface area contributed by atoms with Crippen molar-refractivity contribution in [1.82, 2.24) is 5.32 Å². The maximum Gasteiger partial charge on any atom is 0.251 e. The van der Waals surface area contributed by atoms with Crippen LogP contribution >= 0.6 is 0 Å². The van der Waals surface area contributed by atoms with Gasteiger partial charge in [-0.1, -0.05) is 6.07 Å². The Hall–Kier alpha value is -1.84. The Morgan fingerprint density at radius 1 is 1.50 bits per heavy atom. The minimum absolute atomic E-state index is 0.0194. The molecule has 0 atom stereocenters. The van der Waals surface area contributed by atoms with Crippen molar-refractivity contribution in [2.24, 2.45) is 0 Å². The van der Waals surface area contributed by atoms with E-state index in [0.717, 1.165) is 11.3 Å². The van der Waals surface area contributed by atoms with E-state index in [-0.39, 0.29) is 11.8 Å². The molecule has 1 aromatic rings. The Morgan fingerprint density at radius 3 is 3.00 bits per heavy atom. The molecule has 0 radical (unpaired) electrons. The van der Waals surface area contributed by atoms with E-state index in [1.54, 1.807) is 25.2 Å². The summed E-state index contributed by atoms with van der Waals surface area (Å²) in [7, 11) is 1.58. The second-order valence-corrected chi connectivity index (χ2v) is 3.18. The summed E-state index contributed by atoms with van der Waals surface area (Å²) in [4.78, 5) is 22.3. The molecule has 1 aromatic carbocycles. The number of hydrogen-bond acceptors (Lipinski definition) is 2. The summed E-state index contributed by atoms with van der Waals surface area (Å²) in [5.41, 5.74) is 2.26. The monoisotopic (exact) mass is 190 g/mol. The summed E-state index contributed by atoms with van der Waals surface area (Å²) < 4.78 is 0. The van der Waals surface area contributed by atoms with Gasteiger partial charge in [-0.3, -0.25) is 9.59 Å². The van der Waals surface area contributed by atoms with Gasteiger partial charge >= 0.3 is 0 Å². The molecule has 1 aliphatic rings. The highest BCUT2D eigenvalue weighted by Gasteiger charge is 2.18. The van der Waals surface area contributed by atoms with Crippen LogP contribution in [0.1, 0.15) is 15.9 Å². The lowest BCUT2D eigenvalue weighted by Gasteiger charge is -2.02. The van der Waals surface area contributed by atoms with Crippen LogP contribution < -0.4 is 10.6 Å². The first-order chi connectivity index (χ1) is 6.70. The largest absolute Gasteiger partial charge is 0.355 e. The van der Waals surface area contributed by atoms with E-state index in [4.69, 9.17) is 0 Å². The zero-order valence-electron chi connectivity index (χ0n) is 7.76. The van der Waals surface area contributed by atoms with Crippen molar-refractivity contribution in [3.63, 3.8) is 0 Å². The molecule has 2 N–H and O–H groups in total. The number of carbonyl (C=O) groups is 2. The minimum atomic E-state index is -0.144. The van der Waals surface area contributed by atoms with Gasteiger partial charge < -0.3 is 10.6 Å². The fourth-order valence-electron chi connectivity index (χ4n) is 1.50. The molecular weight excluding hydrogens is 180 g/mol. The highest BCUT2D eigenvalue weighted by atomic mass is 16.2. The number of anilines is 1. The van der Waals surface area contributed by atoms with E-state index >= 15 is 0 Å². The molecule has 14 heavy (non-hydrogen) atoms. The van der Waals surface area contributed by atoms with Crippen molar-refractivity contribution in [2.45, 2.75) is 6.42 Å². The van der Waals surface area contributed by atoms with Crippen LogP contribution in [0.15, 0.2) is 18.2 Å². The molecular formula is C10H10N2O2. The molecule has 1 heterocycles. The van der Waals surface area contributed by atoms with Gasteiger partial charge in [-0.25, -0.2) is 0 Å². The van der Waals surface area contributed by atoms with Gasteiger partial charge in [-0.15, -0.1) is 0 Å². The predicted octanol–water partition coefficient (Wildman–Crippen LogP) is 0.541. The predicted molar refractivity (Wildman–Crippen MR) is 52.2 cm³/mol. The lowest BCUT2D eigenvalue weighted by atomic mass is 10.1. The van der Waals surface area contributed by atoms with Gasteiger partial charge in [0.1, 0.15) is 0 Å². The lowest BCUT2D eigenvalue weighted by Crippen LogP contribution is -2.17. The zero-order chi connectivity index (χ0) is 10.1. The number of amides is 2. The molecule has 4 nitrogen and oxygen atoms in total. The fraction of sp³-hybridized carbons (Fsp3) is 0.200. The summed E-state index contributed by atoms with van der Waals surface area (Å²) in [6, 6.07) is 5.22. The third-order valence-electron chi connectivity index (χ3n) is 2.22. The quantitative estimate of drug-likeness (QED) is 0.679. The number of carbonyl (C=O) groups excluding carboxylic acids is 2. The summed E-state index contributed by atoms with van der Waals surface area (Å²) in [6.07, 6.45) is 0.406. The summed E-state index contributed by atoms with van der Waals surface area (Å²) in [5.74, 6) is -0.164. The van der Waals surface area contributed by atoms with E-state index in [9.17, 15) is 9.59 Å². The molecule has 0 fully saturated rings. The molecule has 0 unspecified atom stereocenters. The van der Waals surface area contributed by atoms with Crippen molar-refractivity contribution in [3.8, 4) is 0 Å². The van der Waals surface area contributed by atoms with Crippen LogP contribution in [-0.2, 0) is 11.2 Å². The highest BCUT2D eigenvalue weighted by molar-refractivity contribution is 6.02. The van der Waals surface area contributed by atoms with Gasteiger partial charge in [0, 0.05) is 18.3 Å². The standard InChI is InChI=1S/C10H10N2O2/c1-11-10(14)7-3-2-6-5-9(13)12-8(6)4-7/h2-4H,5H2,1H3,(H,11,14)(H,12,13). The molecule has 2 amide bonds. The van der Waals surface area contributed by atoms with Crippen LogP contribution in [0.5, 0.6) is 0 Å². The third kappa shape index (κ3) is 1.35. The molecule has 0 aliphatic carbocycles. The Bertz CT molecular complexity index is 413. The molecule has 72 valence electrons. The molecule has 0 spiro atoms. The van der Waals surface area contributed by atoms with Crippen molar-refractivity contribution in [3.05, 3.63) is 29.3 Å². The van der Waals surface area contributed by atoms with Gasteiger partial charge in [0.2, 0.25) is 5.91 Å². The average Bonchev–Trinajstić information content (AvgIpc) is 2.55. The first-order valence-corrected chi connectivity index (χ1v) is 4.35. The van der Waals surface area contributed by atoms with Crippen LogP contribution in [-0.4, -0.2) is 18.9 Å². The van der Waals surface area contributed by atoms with E-state index in [1.165, 1.54) is 0 Å². The van der Waals surface area contributed by atoms with Crippen molar-refractivity contribution in [2.75, 3.05) is 12.4 Å². The number of nitrogens with one attached hydrogen (secondary N) is 2.